The monoisotopic (exact) mass is 455 g/mol. The smallest absolute Gasteiger partial charge is 0.280 e. The molecule has 2 N–H and O–H groups in total. The number of hydrogen-bond donors (Lipinski definition) is 2. The topological polar surface area (TPSA) is 79.8 Å². The van der Waals surface area contributed by atoms with Gasteiger partial charge in [0.05, 0.1) is 10.6 Å². The fraction of sp³-hybridized carbons (Fsp3) is 0.174. The number of hydrogen-bond acceptors (Lipinski definition) is 5. The highest BCUT2D eigenvalue weighted by molar-refractivity contribution is 7.12. The summed E-state index contributed by atoms with van der Waals surface area (Å²) < 4.78 is 5.70. The summed E-state index contributed by atoms with van der Waals surface area (Å²) in [4.78, 5) is 25.1. The molecular weight excluding hydrogens is 434 g/mol. The van der Waals surface area contributed by atoms with Gasteiger partial charge in [0.2, 0.25) is 0 Å². The minimum Gasteiger partial charge on any atom is -0.481 e. The van der Waals surface area contributed by atoms with Crippen LogP contribution < -0.4 is 15.5 Å². The maximum Gasteiger partial charge on any atom is 0.280 e. The molecule has 0 aliphatic rings. The van der Waals surface area contributed by atoms with E-state index in [2.05, 4.69) is 15.8 Å². The Labute approximate surface area is 189 Å². The van der Waals surface area contributed by atoms with Crippen molar-refractivity contribution in [2.45, 2.75) is 26.9 Å². The zero-order valence-corrected chi connectivity index (χ0v) is 18.9. The molecule has 0 saturated heterocycles. The summed E-state index contributed by atoms with van der Waals surface area (Å²) in [7, 11) is 0. The van der Waals surface area contributed by atoms with E-state index in [-0.39, 0.29) is 11.8 Å². The Morgan fingerprint density at radius 2 is 1.87 bits per heavy atom. The number of ether oxygens (including phenoxy) is 1. The molecule has 8 heteroatoms. The van der Waals surface area contributed by atoms with Crippen LogP contribution in [-0.2, 0) is 4.79 Å². The molecule has 1 heterocycles. The van der Waals surface area contributed by atoms with Gasteiger partial charge in [-0.3, -0.25) is 9.59 Å². The quantitative estimate of drug-likeness (QED) is 0.376. The number of amides is 2. The number of thiophene rings is 1. The van der Waals surface area contributed by atoms with E-state index < -0.39 is 6.10 Å². The number of rotatable bonds is 7. The molecule has 0 aliphatic heterocycles. The minimum absolute atomic E-state index is 0.148. The Balaban J connectivity index is 1.56. The Morgan fingerprint density at radius 3 is 2.52 bits per heavy atom. The predicted octanol–water partition coefficient (Wildman–Crippen LogP) is 5.27. The molecule has 31 heavy (non-hydrogen) atoms. The van der Waals surface area contributed by atoms with Gasteiger partial charge in [0.15, 0.2) is 6.10 Å². The Kier molecular flexibility index (Phi) is 7.44. The zero-order chi connectivity index (χ0) is 22.4. The van der Waals surface area contributed by atoms with Crippen LogP contribution in [0.3, 0.4) is 0 Å². The number of carbonyl (C=O) groups is 2. The minimum atomic E-state index is -0.730. The summed E-state index contributed by atoms with van der Waals surface area (Å²) in [5, 5.41) is 9.47. The second-order valence-electron chi connectivity index (χ2n) is 6.85. The number of halogens is 1. The van der Waals surface area contributed by atoms with Crippen LogP contribution >= 0.6 is 22.9 Å². The SMILES string of the molecule is C/C(=N\NC(=O)C(C)Oc1ccc(Cl)cc1C)c1ccc(NC(=O)c2cccs2)cc1. The summed E-state index contributed by atoms with van der Waals surface area (Å²) >= 11 is 7.33. The first kappa shape index (κ1) is 22.5. The standard InChI is InChI=1S/C23H22ClN3O3S/c1-14-13-18(24)8-11-20(14)30-16(3)22(28)27-26-15(2)17-6-9-19(10-7-17)25-23(29)21-5-4-12-31-21/h4-13,16H,1-3H3,(H,25,29)(H,27,28)/b26-15+. The summed E-state index contributed by atoms with van der Waals surface area (Å²) in [5.74, 6) is 0.0757. The number of carbonyl (C=O) groups excluding carboxylic acids is 2. The third kappa shape index (κ3) is 6.16. The van der Waals surface area contributed by atoms with E-state index in [9.17, 15) is 9.59 Å². The van der Waals surface area contributed by atoms with Crippen molar-refractivity contribution in [3.8, 4) is 5.75 Å². The molecule has 1 unspecified atom stereocenters. The first-order valence-electron chi connectivity index (χ1n) is 9.55. The number of nitrogens with zero attached hydrogens (tertiary/aromatic N) is 1. The molecule has 2 aromatic carbocycles. The van der Waals surface area contributed by atoms with Crippen LogP contribution in [-0.4, -0.2) is 23.6 Å². The van der Waals surface area contributed by atoms with Crippen molar-refractivity contribution in [3.63, 3.8) is 0 Å². The summed E-state index contributed by atoms with van der Waals surface area (Å²) in [6, 6.07) is 16.0. The van der Waals surface area contributed by atoms with Gasteiger partial charge in [-0.25, -0.2) is 5.43 Å². The molecule has 2 amide bonds. The van der Waals surface area contributed by atoms with Crippen LogP contribution in [0.25, 0.3) is 0 Å². The molecule has 3 aromatic rings. The maximum atomic E-state index is 12.3. The highest BCUT2D eigenvalue weighted by Crippen LogP contribution is 2.23. The molecule has 160 valence electrons. The molecule has 0 saturated carbocycles. The van der Waals surface area contributed by atoms with Gasteiger partial charge in [0.1, 0.15) is 5.75 Å². The van der Waals surface area contributed by atoms with Crippen LogP contribution in [0.1, 0.15) is 34.6 Å². The molecule has 0 aliphatic carbocycles. The van der Waals surface area contributed by atoms with E-state index in [0.29, 0.717) is 27.0 Å². The van der Waals surface area contributed by atoms with Crippen LogP contribution in [0, 0.1) is 6.92 Å². The number of aryl methyl sites for hydroxylation is 1. The van der Waals surface area contributed by atoms with Crippen molar-refractivity contribution in [3.05, 3.63) is 81.0 Å². The van der Waals surface area contributed by atoms with E-state index in [1.807, 2.05) is 30.5 Å². The van der Waals surface area contributed by atoms with Crippen molar-refractivity contribution in [1.29, 1.82) is 0 Å². The van der Waals surface area contributed by atoms with Crippen molar-refractivity contribution in [2.75, 3.05) is 5.32 Å². The van der Waals surface area contributed by atoms with E-state index in [0.717, 1.165) is 11.1 Å². The van der Waals surface area contributed by atoms with E-state index in [1.165, 1.54) is 11.3 Å². The van der Waals surface area contributed by atoms with Crippen LogP contribution in [0.15, 0.2) is 65.1 Å². The van der Waals surface area contributed by atoms with Crippen molar-refractivity contribution < 1.29 is 14.3 Å². The lowest BCUT2D eigenvalue weighted by atomic mass is 10.1. The first-order valence-corrected chi connectivity index (χ1v) is 10.8. The van der Waals surface area contributed by atoms with Gasteiger partial charge in [-0.15, -0.1) is 11.3 Å². The predicted molar refractivity (Wildman–Crippen MR) is 125 cm³/mol. The average molecular weight is 456 g/mol. The molecule has 1 atom stereocenters. The summed E-state index contributed by atoms with van der Waals surface area (Å²) in [6.07, 6.45) is -0.730. The van der Waals surface area contributed by atoms with Crippen molar-refractivity contribution in [2.24, 2.45) is 5.10 Å². The number of anilines is 1. The third-order valence-corrected chi connectivity index (χ3v) is 5.55. The lowest BCUT2D eigenvalue weighted by Crippen LogP contribution is -2.34. The number of hydrazone groups is 1. The molecule has 0 radical (unpaired) electrons. The van der Waals surface area contributed by atoms with Crippen LogP contribution in [0.4, 0.5) is 5.69 Å². The average Bonchev–Trinajstić information content (AvgIpc) is 3.29. The highest BCUT2D eigenvalue weighted by Gasteiger charge is 2.15. The Morgan fingerprint density at radius 1 is 1.13 bits per heavy atom. The fourth-order valence-electron chi connectivity index (χ4n) is 2.68. The fourth-order valence-corrected chi connectivity index (χ4v) is 3.52. The summed E-state index contributed by atoms with van der Waals surface area (Å²) in [5.41, 5.74) is 5.49. The van der Waals surface area contributed by atoms with Gasteiger partial charge in [-0.1, -0.05) is 29.8 Å². The highest BCUT2D eigenvalue weighted by atomic mass is 35.5. The van der Waals surface area contributed by atoms with Crippen LogP contribution in [0.5, 0.6) is 5.75 Å². The molecule has 6 nitrogen and oxygen atoms in total. The van der Waals surface area contributed by atoms with E-state index >= 15 is 0 Å². The molecule has 0 fully saturated rings. The van der Waals surface area contributed by atoms with Gasteiger partial charge < -0.3 is 10.1 Å². The number of benzene rings is 2. The number of nitrogens with one attached hydrogen (secondary N) is 2. The lowest BCUT2D eigenvalue weighted by Gasteiger charge is -2.15. The zero-order valence-electron chi connectivity index (χ0n) is 17.3. The van der Waals surface area contributed by atoms with Gasteiger partial charge in [0.25, 0.3) is 11.8 Å². The lowest BCUT2D eigenvalue weighted by molar-refractivity contribution is -0.127. The second-order valence-corrected chi connectivity index (χ2v) is 8.24. The summed E-state index contributed by atoms with van der Waals surface area (Å²) in [6.45, 7) is 5.30. The van der Waals surface area contributed by atoms with Gasteiger partial charge in [0, 0.05) is 10.7 Å². The Hall–Kier alpha value is -3.16. The second kappa shape index (κ2) is 10.2. The van der Waals surface area contributed by atoms with Gasteiger partial charge >= 0.3 is 0 Å². The Bertz CT molecular complexity index is 1100. The molecule has 1 aromatic heterocycles. The third-order valence-electron chi connectivity index (χ3n) is 4.45. The van der Waals surface area contributed by atoms with E-state index in [4.69, 9.17) is 16.3 Å². The van der Waals surface area contributed by atoms with E-state index in [1.54, 1.807) is 50.2 Å². The molecule has 0 spiro atoms. The normalized spacial score (nSPS) is 12.2. The largest absolute Gasteiger partial charge is 0.481 e. The van der Waals surface area contributed by atoms with Gasteiger partial charge in [-0.2, -0.15) is 5.10 Å². The first-order chi connectivity index (χ1) is 14.8. The van der Waals surface area contributed by atoms with Gasteiger partial charge in [-0.05, 0) is 73.7 Å². The molecule has 3 rings (SSSR count). The molecule has 0 bridgehead atoms. The van der Waals surface area contributed by atoms with Crippen molar-refractivity contribution in [1.82, 2.24) is 5.43 Å². The van der Waals surface area contributed by atoms with Crippen LogP contribution in [0.2, 0.25) is 5.02 Å². The molecular formula is C23H22ClN3O3S. The van der Waals surface area contributed by atoms with Crippen molar-refractivity contribution >= 4 is 46.2 Å². The maximum absolute atomic E-state index is 12.3.